The van der Waals surface area contributed by atoms with Crippen molar-refractivity contribution in [3.63, 3.8) is 0 Å². The molecule has 0 aliphatic heterocycles. The molecular weight excluding hydrogens is 176 g/mol. The van der Waals surface area contributed by atoms with Gasteiger partial charge >= 0.3 is 0 Å². The van der Waals surface area contributed by atoms with Gasteiger partial charge in [0.05, 0.1) is 0 Å². The van der Waals surface area contributed by atoms with Gasteiger partial charge in [0.25, 0.3) is 0 Å². The van der Waals surface area contributed by atoms with Crippen LogP contribution in [0.5, 0.6) is 0 Å². The molecule has 0 aliphatic rings. The maximum atomic E-state index is 3.29. The summed E-state index contributed by atoms with van der Waals surface area (Å²) in [6, 6.07) is 0. The molecule has 0 aromatic rings. The maximum absolute atomic E-state index is 3.29. The zero-order valence-electron chi connectivity index (χ0n) is 6.20. The van der Waals surface area contributed by atoms with Gasteiger partial charge in [-0.3, -0.25) is 0 Å². The van der Waals surface area contributed by atoms with Crippen molar-refractivity contribution in [3.8, 4) is 0 Å². The Kier molecular flexibility index (Phi) is 8.93. The van der Waals surface area contributed by atoms with Gasteiger partial charge in [0.2, 0.25) is 0 Å². The molecule has 0 atom stereocenters. The van der Waals surface area contributed by atoms with Crippen molar-refractivity contribution in [1.29, 1.82) is 0 Å². The highest BCUT2D eigenvalue weighted by atomic mass is 79.9. The molecule has 0 N–H and O–H groups in total. The van der Waals surface area contributed by atoms with E-state index in [0.29, 0.717) is 0 Å². The van der Waals surface area contributed by atoms with E-state index >= 15 is 0 Å². The number of unbranched alkanes of at least 4 members (excludes halogenated alkanes) is 5. The Balaban J connectivity index is 2.60. The lowest BCUT2D eigenvalue weighted by atomic mass is 10.1. The van der Waals surface area contributed by atoms with Gasteiger partial charge in [-0.1, -0.05) is 55.0 Å². The predicted molar refractivity (Wildman–Crippen MR) is 46.6 cm³/mol. The van der Waals surface area contributed by atoms with Gasteiger partial charge in [-0.25, -0.2) is 0 Å². The lowest BCUT2D eigenvalue weighted by Gasteiger charge is -1.95. The van der Waals surface area contributed by atoms with Crippen molar-refractivity contribution in [2.24, 2.45) is 0 Å². The van der Waals surface area contributed by atoms with Gasteiger partial charge in [0.1, 0.15) is 0 Å². The van der Waals surface area contributed by atoms with E-state index in [0.717, 1.165) is 0 Å². The molecule has 0 fully saturated rings. The van der Waals surface area contributed by atoms with Crippen LogP contribution in [-0.4, -0.2) is 0 Å². The third-order valence-electron chi connectivity index (χ3n) is 1.42. The SMILES string of the molecule is CCCCCCC[CH]Br. The van der Waals surface area contributed by atoms with Crippen molar-refractivity contribution in [3.05, 3.63) is 5.33 Å². The maximum Gasteiger partial charge on any atom is 0.0271 e. The summed E-state index contributed by atoms with van der Waals surface area (Å²) in [6.45, 7) is 2.25. The van der Waals surface area contributed by atoms with Gasteiger partial charge in [-0.15, -0.1) is 0 Å². The Morgan fingerprint density at radius 2 is 1.78 bits per heavy atom. The van der Waals surface area contributed by atoms with Crippen molar-refractivity contribution >= 4 is 15.9 Å². The molecule has 0 saturated carbocycles. The van der Waals surface area contributed by atoms with Crippen LogP contribution in [0, 0.1) is 5.33 Å². The minimum Gasteiger partial charge on any atom is -0.0879 e. The molecule has 0 nitrogen and oxygen atoms in total. The minimum atomic E-state index is 1.23. The van der Waals surface area contributed by atoms with E-state index in [1.165, 1.54) is 38.5 Å². The van der Waals surface area contributed by atoms with E-state index in [-0.39, 0.29) is 0 Å². The highest BCUT2D eigenvalue weighted by Crippen LogP contribution is 2.07. The van der Waals surface area contributed by atoms with Crippen LogP contribution in [0.15, 0.2) is 0 Å². The third-order valence-corrected chi connectivity index (χ3v) is 1.87. The molecule has 0 rings (SSSR count). The first kappa shape index (κ1) is 9.48. The molecule has 0 spiro atoms. The standard InChI is InChI=1S/C8H16Br/c1-2-3-4-5-6-7-8-9/h8H,2-7H2,1H3. The van der Waals surface area contributed by atoms with Crippen molar-refractivity contribution in [2.45, 2.75) is 45.4 Å². The van der Waals surface area contributed by atoms with Crippen LogP contribution >= 0.6 is 15.9 Å². The molecule has 0 amide bonds. The monoisotopic (exact) mass is 191 g/mol. The average molecular weight is 192 g/mol. The highest BCUT2D eigenvalue weighted by molar-refractivity contribution is 9.10. The second kappa shape index (κ2) is 8.48. The summed E-state index contributed by atoms with van der Waals surface area (Å²) < 4.78 is 0. The molecule has 0 aliphatic carbocycles. The molecule has 1 radical (unpaired) electrons. The molecular formula is C8H16Br. The zero-order valence-corrected chi connectivity index (χ0v) is 7.78. The van der Waals surface area contributed by atoms with E-state index in [9.17, 15) is 0 Å². The summed E-state index contributed by atoms with van der Waals surface area (Å²) in [4.78, 5) is 0. The van der Waals surface area contributed by atoms with Crippen LogP contribution < -0.4 is 0 Å². The lowest BCUT2D eigenvalue weighted by Crippen LogP contribution is -1.75. The number of rotatable bonds is 6. The summed E-state index contributed by atoms with van der Waals surface area (Å²) in [6.07, 6.45) is 8.14. The summed E-state index contributed by atoms with van der Waals surface area (Å²) in [5.74, 6) is 0. The van der Waals surface area contributed by atoms with E-state index < -0.39 is 0 Å². The molecule has 0 heterocycles. The van der Waals surface area contributed by atoms with Gasteiger partial charge < -0.3 is 0 Å². The second-order valence-electron chi connectivity index (χ2n) is 2.36. The van der Waals surface area contributed by atoms with Crippen LogP contribution in [-0.2, 0) is 0 Å². The average Bonchev–Trinajstić information content (AvgIpc) is 1.89. The Hall–Kier alpha value is 0.480. The molecule has 1 heteroatoms. The fraction of sp³-hybridized carbons (Fsp3) is 0.875. The lowest BCUT2D eigenvalue weighted by molar-refractivity contribution is 0.635. The summed E-state index contributed by atoms with van der Waals surface area (Å²) in [7, 11) is 0. The second-order valence-corrected chi connectivity index (χ2v) is 3.00. The first-order valence-electron chi connectivity index (χ1n) is 3.83. The van der Waals surface area contributed by atoms with Crippen LogP contribution in [0.3, 0.4) is 0 Å². The van der Waals surface area contributed by atoms with Crippen LogP contribution in [0.25, 0.3) is 0 Å². The summed E-state index contributed by atoms with van der Waals surface area (Å²) in [5, 5.41) is 2.07. The zero-order chi connectivity index (χ0) is 6.95. The van der Waals surface area contributed by atoms with E-state index in [1.807, 2.05) is 0 Å². The number of hydrogen-bond acceptors (Lipinski definition) is 0. The van der Waals surface area contributed by atoms with Gasteiger partial charge in [0, 0.05) is 5.33 Å². The van der Waals surface area contributed by atoms with Crippen LogP contribution in [0.1, 0.15) is 45.4 Å². The van der Waals surface area contributed by atoms with Crippen LogP contribution in [0.4, 0.5) is 0 Å². The first-order chi connectivity index (χ1) is 4.41. The Morgan fingerprint density at radius 1 is 1.11 bits per heavy atom. The largest absolute Gasteiger partial charge is 0.0879 e. The Bertz CT molecular complexity index is 37.8. The molecule has 0 aromatic heterocycles. The smallest absolute Gasteiger partial charge is 0.0271 e. The van der Waals surface area contributed by atoms with Gasteiger partial charge in [0.15, 0.2) is 0 Å². The fourth-order valence-corrected chi connectivity index (χ4v) is 1.15. The first-order valence-corrected chi connectivity index (χ1v) is 4.75. The molecule has 55 valence electrons. The topological polar surface area (TPSA) is 0 Å². The van der Waals surface area contributed by atoms with Gasteiger partial charge in [-0.05, 0) is 6.42 Å². The normalized spacial score (nSPS) is 10.0. The predicted octanol–water partition coefficient (Wildman–Crippen LogP) is 3.90. The third kappa shape index (κ3) is 8.48. The fourth-order valence-electron chi connectivity index (χ4n) is 0.825. The van der Waals surface area contributed by atoms with E-state index in [4.69, 9.17) is 0 Å². The quantitative estimate of drug-likeness (QED) is 0.560. The van der Waals surface area contributed by atoms with E-state index in [2.05, 4.69) is 28.2 Å². The van der Waals surface area contributed by atoms with Crippen molar-refractivity contribution in [2.75, 3.05) is 0 Å². The molecule has 0 unspecified atom stereocenters. The summed E-state index contributed by atoms with van der Waals surface area (Å²) >= 11 is 3.29. The number of hydrogen-bond donors (Lipinski definition) is 0. The number of halogens is 1. The van der Waals surface area contributed by atoms with Crippen molar-refractivity contribution < 1.29 is 0 Å². The molecule has 0 saturated heterocycles. The van der Waals surface area contributed by atoms with E-state index in [1.54, 1.807) is 0 Å². The molecule has 0 aromatic carbocycles. The van der Waals surface area contributed by atoms with Crippen molar-refractivity contribution in [1.82, 2.24) is 0 Å². The molecule has 9 heavy (non-hydrogen) atoms. The Morgan fingerprint density at radius 3 is 2.33 bits per heavy atom. The summed E-state index contributed by atoms with van der Waals surface area (Å²) in [5.41, 5.74) is 0. The minimum absolute atomic E-state index is 1.23. The van der Waals surface area contributed by atoms with Crippen LogP contribution in [0.2, 0.25) is 0 Å². The Labute approximate surface area is 67.2 Å². The highest BCUT2D eigenvalue weighted by Gasteiger charge is 1.86. The molecule has 0 bridgehead atoms. The van der Waals surface area contributed by atoms with Gasteiger partial charge in [-0.2, -0.15) is 0 Å².